The summed E-state index contributed by atoms with van der Waals surface area (Å²) in [6.45, 7) is 2.30. The van der Waals surface area contributed by atoms with E-state index in [2.05, 4.69) is 354 Å². The highest BCUT2D eigenvalue weighted by molar-refractivity contribution is 9.35. The fourth-order valence-electron chi connectivity index (χ4n) is 7.15. The molecule has 0 aromatic heterocycles. The van der Waals surface area contributed by atoms with Gasteiger partial charge in [0.2, 0.25) is 0 Å². The molecular weight excluding hydrogens is 1820 g/mol. The summed E-state index contributed by atoms with van der Waals surface area (Å²) >= 11 is 75.3. The number of alkyl halides is 17. The van der Waals surface area contributed by atoms with E-state index in [1.165, 1.54) is 27.1 Å². The van der Waals surface area contributed by atoms with E-state index >= 15 is 0 Å². The lowest BCUT2D eigenvalue weighted by Gasteiger charge is -2.73. The maximum atomic E-state index is 4.47. The average molecular weight is 1840 g/mol. The van der Waals surface area contributed by atoms with Crippen molar-refractivity contribution in [1.82, 2.24) is 0 Å². The first-order valence-corrected chi connectivity index (χ1v) is 28.6. The van der Waals surface area contributed by atoms with Gasteiger partial charge in [-0.25, -0.2) is 0 Å². The highest BCUT2D eigenvalue weighted by Crippen LogP contribution is 2.87. The number of fused-ring (bicyclic) bond motifs is 4. The molecule has 0 aliphatic heterocycles. The molecule has 1 fully saturated rings. The Hall–Kier alpha value is 6.30. The summed E-state index contributed by atoms with van der Waals surface area (Å²) < 4.78 is -8.13. The third-order valence-corrected chi connectivity index (χ3v) is 47.3. The van der Waals surface area contributed by atoms with Gasteiger partial charge < -0.3 is 0 Å². The van der Waals surface area contributed by atoms with E-state index in [9.17, 15) is 0 Å². The van der Waals surface area contributed by atoms with Gasteiger partial charge in [0.05, 0.1) is 4.32 Å². The Morgan fingerprint density at radius 2 is 1.06 bits per heavy atom. The minimum atomic E-state index is -1.01. The first-order chi connectivity index (χ1) is 22.6. The molecule has 0 bridgehead atoms. The van der Waals surface area contributed by atoms with Crippen LogP contribution in [0.2, 0.25) is 0 Å². The molecule has 50 heavy (non-hydrogen) atoms. The van der Waals surface area contributed by atoms with Gasteiger partial charge in [-0.15, -0.1) is 0 Å². The van der Waals surface area contributed by atoms with E-state index in [4.69, 9.17) is 0 Å². The van der Waals surface area contributed by atoms with Gasteiger partial charge in [0.1, 0.15) is 31.3 Å². The maximum Gasteiger partial charge on any atom is 0.139 e. The van der Waals surface area contributed by atoms with Crippen molar-refractivity contribution in [3.05, 3.63) is 81.9 Å². The van der Waals surface area contributed by atoms with Gasteiger partial charge in [-0.2, -0.15) is 0 Å². The van der Waals surface area contributed by atoms with Gasteiger partial charge in [-0.1, -0.05) is 342 Å². The Labute approximate surface area is 443 Å². The van der Waals surface area contributed by atoms with Crippen LogP contribution in [0, 0.1) is 5.92 Å². The normalized spacial score (nSPS) is 33.4. The second-order valence-corrected chi connectivity index (χ2v) is 41.1. The predicted octanol–water partition coefficient (Wildman–Crippen LogP) is 19.0. The van der Waals surface area contributed by atoms with E-state index in [1.54, 1.807) is 0 Å². The Bertz CT molecular complexity index is 1990. The number of rotatable bonds is 4. The summed E-state index contributed by atoms with van der Waals surface area (Å²) in [5.41, 5.74) is 3.31. The van der Waals surface area contributed by atoms with Crippen molar-refractivity contribution in [3.63, 3.8) is 0 Å². The molecule has 0 amide bonds. The van der Waals surface area contributed by atoms with Crippen molar-refractivity contribution < 1.29 is 0 Å². The molecule has 3 aromatic carbocycles. The van der Waals surface area contributed by atoms with Crippen molar-refractivity contribution in [2.75, 3.05) is 0 Å². The lowest BCUT2D eigenvalue weighted by Crippen LogP contribution is -2.83. The highest BCUT2D eigenvalue weighted by Gasteiger charge is 2.89. The van der Waals surface area contributed by atoms with Crippen LogP contribution < -0.4 is 0 Å². The van der Waals surface area contributed by atoms with E-state index in [0.29, 0.717) is 0 Å². The molecular formula is C32H18Br18. The van der Waals surface area contributed by atoms with Gasteiger partial charge in [-0.05, 0) is 69.1 Å². The number of benzene rings is 3. The van der Waals surface area contributed by atoms with Gasteiger partial charge in [-0.3, -0.25) is 0 Å². The molecule has 18 heteroatoms. The van der Waals surface area contributed by atoms with Crippen LogP contribution in [-0.4, -0.2) is 35.6 Å². The van der Waals surface area contributed by atoms with Crippen LogP contribution in [0.15, 0.2) is 76.3 Å². The SMILES string of the molecule is CC(CCc1cccc2cc3ccccc3cc12)C1(Br)C2=CC3=C(Br)C(Br)(Br)C(Br)(Br)C(Br)(Br)C3(Br)C(Br)(Br)C2(Br)C(Br)(Br)C(Br)(Br)C1(Br)Br. The average Bonchev–Trinajstić information content (AvgIpc) is 3.03. The minimum Gasteiger partial charge on any atom is -0.0775 e. The van der Waals surface area contributed by atoms with Crippen LogP contribution in [0.3, 0.4) is 0 Å². The molecule has 3 aliphatic carbocycles. The lowest BCUT2D eigenvalue weighted by atomic mass is 9.62. The van der Waals surface area contributed by atoms with Gasteiger partial charge >= 0.3 is 0 Å². The van der Waals surface area contributed by atoms with Gasteiger partial charge in [0, 0.05) is 4.48 Å². The van der Waals surface area contributed by atoms with E-state index in [-0.39, 0.29) is 5.92 Å². The Balaban J connectivity index is 1.59. The zero-order chi connectivity index (χ0) is 37.7. The first-order valence-electron chi connectivity index (χ1n) is 14.3. The summed E-state index contributed by atoms with van der Waals surface area (Å²) in [7, 11) is 0. The maximum absolute atomic E-state index is 4.47. The summed E-state index contributed by atoms with van der Waals surface area (Å²) in [6.07, 6.45) is 4.00. The minimum absolute atomic E-state index is 0.0362. The number of hydrogen-bond acceptors (Lipinski definition) is 0. The highest BCUT2D eigenvalue weighted by atomic mass is 79.9. The fourth-order valence-corrected chi connectivity index (χ4v) is 28.2. The van der Waals surface area contributed by atoms with Crippen LogP contribution in [-0.2, 0) is 6.42 Å². The third kappa shape index (κ3) is 5.78. The largest absolute Gasteiger partial charge is 0.139 e. The van der Waals surface area contributed by atoms with E-state index in [1.807, 2.05) is 0 Å². The molecule has 0 nitrogen and oxygen atoms in total. The standard InChI is InChI=1S/C32H18Br18/c1-14(9-10-15-7-4-8-18-11-16-5-2-3-6-17(16)12-19(15)18)23(34)21-13-20-22(33)26(37,38)31(47,48)29(43,44)24(20,35)28(41,42)25(21,36)30(45,46)32(49,50)27(23,39)40/h2-8,11-14H,9-10H2,1H3. The number of allylic oxidation sites excluding steroid dienone is 4. The summed E-state index contributed by atoms with van der Waals surface area (Å²) in [5, 5.41) is 5.01. The molecule has 0 heterocycles. The van der Waals surface area contributed by atoms with Crippen molar-refractivity contribution in [3.8, 4) is 0 Å². The monoisotopic (exact) mass is 1820 g/mol. The molecule has 3 aromatic rings. The van der Waals surface area contributed by atoms with Crippen molar-refractivity contribution >= 4 is 308 Å². The smallest absolute Gasteiger partial charge is 0.0775 e. The Morgan fingerprint density at radius 3 is 1.64 bits per heavy atom. The Kier molecular flexibility index (Phi) is 13.5. The molecule has 0 radical (unpaired) electrons. The second kappa shape index (κ2) is 14.7. The van der Waals surface area contributed by atoms with E-state index < -0.39 is 35.6 Å². The first kappa shape index (κ1) is 45.8. The molecule has 0 spiro atoms. The third-order valence-electron chi connectivity index (χ3n) is 10.1. The van der Waals surface area contributed by atoms with Gasteiger partial charge in [0.25, 0.3) is 0 Å². The second-order valence-electron chi connectivity index (χ2n) is 12.6. The van der Waals surface area contributed by atoms with Gasteiger partial charge in [0.15, 0.2) is 0 Å². The number of halogens is 18. The summed E-state index contributed by atoms with van der Waals surface area (Å²) in [4.78, 5) is 0. The van der Waals surface area contributed by atoms with Crippen LogP contribution >= 0.6 is 287 Å². The summed E-state index contributed by atoms with van der Waals surface area (Å²) in [5.74, 6) is 0.0362. The topological polar surface area (TPSA) is 0 Å². The molecule has 1 saturated carbocycles. The Morgan fingerprint density at radius 1 is 0.540 bits per heavy atom. The van der Waals surface area contributed by atoms with Crippen LogP contribution in [0.5, 0.6) is 0 Å². The summed E-state index contributed by atoms with van der Waals surface area (Å²) in [6, 6.07) is 19.8. The molecule has 0 saturated heterocycles. The van der Waals surface area contributed by atoms with Crippen LogP contribution in [0.4, 0.5) is 0 Å². The lowest BCUT2D eigenvalue weighted by molar-refractivity contribution is 0.308. The molecule has 4 atom stereocenters. The fraction of sp³-hybridized carbons (Fsp3) is 0.438. The van der Waals surface area contributed by atoms with Crippen LogP contribution in [0.25, 0.3) is 21.5 Å². The molecule has 4 unspecified atom stereocenters. The van der Waals surface area contributed by atoms with Crippen molar-refractivity contribution in [2.24, 2.45) is 5.92 Å². The predicted molar refractivity (Wildman–Crippen MR) is 282 cm³/mol. The molecule has 3 aliphatic rings. The van der Waals surface area contributed by atoms with Crippen molar-refractivity contribution in [1.29, 1.82) is 0 Å². The molecule has 6 rings (SSSR count). The molecule has 0 N–H and O–H groups in total. The quantitative estimate of drug-likeness (QED) is 0.180. The zero-order valence-electron chi connectivity index (χ0n) is 24.6. The van der Waals surface area contributed by atoms with Crippen LogP contribution in [0.1, 0.15) is 18.9 Å². The van der Waals surface area contributed by atoms with Crippen molar-refractivity contribution in [2.45, 2.75) is 55.4 Å². The molecule has 272 valence electrons. The number of hydrogen-bond donors (Lipinski definition) is 0. The van der Waals surface area contributed by atoms with E-state index in [0.717, 1.165) is 28.5 Å². The number of aryl methyl sites for hydroxylation is 1. The zero-order valence-corrected chi connectivity index (χ0v) is 53.1.